The lowest BCUT2D eigenvalue weighted by molar-refractivity contribution is 0.00836. The van der Waals surface area contributed by atoms with E-state index in [9.17, 15) is 0 Å². The van der Waals surface area contributed by atoms with Gasteiger partial charge < -0.3 is 24.3 Å². The fourth-order valence-electron chi connectivity index (χ4n) is 4.41. The van der Waals surface area contributed by atoms with Crippen molar-refractivity contribution in [3.8, 4) is 11.5 Å². The molecule has 0 atom stereocenters. The van der Waals surface area contributed by atoms with Gasteiger partial charge in [-0.25, -0.2) is 9.97 Å². The summed E-state index contributed by atoms with van der Waals surface area (Å²) >= 11 is 0. The van der Waals surface area contributed by atoms with Gasteiger partial charge in [-0.05, 0) is 43.4 Å². The zero-order valence-electron chi connectivity index (χ0n) is 18.7. The fraction of sp³-hybridized carbons (Fsp3) is 0.308. The Kier molecular flexibility index (Phi) is 5.20. The number of furan rings is 1. The molecule has 0 spiro atoms. The first kappa shape index (κ1) is 20.2. The highest BCUT2D eigenvalue weighted by molar-refractivity contribution is 5.82. The van der Waals surface area contributed by atoms with E-state index in [0.717, 1.165) is 59.9 Å². The normalized spacial score (nSPS) is 17.3. The third kappa shape index (κ3) is 4.05. The first-order chi connectivity index (χ1) is 16.2. The lowest BCUT2D eigenvalue weighted by atomic mass is 9.96. The van der Waals surface area contributed by atoms with Gasteiger partial charge in [-0.2, -0.15) is 0 Å². The quantitative estimate of drug-likeness (QED) is 0.489. The minimum atomic E-state index is 0.296. The number of likely N-dealkylation sites (N-methyl/N-ethyl adjacent to an activating group) is 1. The highest BCUT2D eigenvalue weighted by Gasteiger charge is 2.27. The van der Waals surface area contributed by atoms with Crippen LogP contribution in [0.15, 0.2) is 65.2 Å². The maximum Gasteiger partial charge on any atom is 0.227 e. The molecule has 2 aliphatic rings. The van der Waals surface area contributed by atoms with Crippen molar-refractivity contribution in [2.75, 3.05) is 56.7 Å². The molecule has 0 bridgehead atoms. The van der Waals surface area contributed by atoms with E-state index < -0.39 is 0 Å². The third-order valence-electron chi connectivity index (χ3n) is 6.55. The van der Waals surface area contributed by atoms with Crippen LogP contribution >= 0.6 is 0 Å². The molecule has 7 nitrogen and oxygen atoms in total. The van der Waals surface area contributed by atoms with Crippen LogP contribution in [0.5, 0.6) is 0 Å². The molecular weight excluding hydrogens is 414 g/mol. The molecule has 33 heavy (non-hydrogen) atoms. The number of aromatic nitrogens is 2. The molecule has 168 valence electrons. The summed E-state index contributed by atoms with van der Waals surface area (Å²) in [5.41, 5.74) is 4.96. The summed E-state index contributed by atoms with van der Waals surface area (Å²) in [5.74, 6) is 1.61. The van der Waals surface area contributed by atoms with Crippen molar-refractivity contribution >= 4 is 28.3 Å². The molecule has 0 radical (unpaired) electrons. The predicted octanol–water partition coefficient (Wildman–Crippen LogP) is 4.50. The van der Waals surface area contributed by atoms with Crippen molar-refractivity contribution in [3.05, 3.63) is 66.4 Å². The summed E-state index contributed by atoms with van der Waals surface area (Å²) in [5, 5.41) is 4.43. The number of hydrogen-bond donors (Lipinski definition) is 1. The zero-order valence-corrected chi connectivity index (χ0v) is 18.7. The van der Waals surface area contributed by atoms with E-state index in [4.69, 9.17) is 14.1 Å². The van der Waals surface area contributed by atoms with Gasteiger partial charge in [0.2, 0.25) is 5.95 Å². The topological polar surface area (TPSA) is 66.7 Å². The largest absolute Gasteiger partial charge is 0.454 e. The molecule has 0 unspecified atom stereocenters. The van der Waals surface area contributed by atoms with Crippen molar-refractivity contribution in [2.45, 2.75) is 5.92 Å². The number of nitrogens with zero attached hydrogens (tertiary/aromatic N) is 4. The van der Waals surface area contributed by atoms with E-state index in [0.29, 0.717) is 25.1 Å². The summed E-state index contributed by atoms with van der Waals surface area (Å²) in [4.78, 5) is 14.3. The van der Waals surface area contributed by atoms with Gasteiger partial charge in [-0.15, -0.1) is 0 Å². The summed E-state index contributed by atoms with van der Waals surface area (Å²) in [7, 11) is 2.17. The highest BCUT2D eigenvalue weighted by Crippen LogP contribution is 2.35. The van der Waals surface area contributed by atoms with Gasteiger partial charge in [0.25, 0.3) is 0 Å². The maximum atomic E-state index is 6.14. The Morgan fingerprint density at radius 1 is 0.970 bits per heavy atom. The monoisotopic (exact) mass is 441 g/mol. The Bertz CT molecular complexity index is 1220. The van der Waals surface area contributed by atoms with Gasteiger partial charge in [0, 0.05) is 60.6 Å². The molecule has 0 amide bonds. The number of ether oxygens (including phenoxy) is 1. The summed E-state index contributed by atoms with van der Waals surface area (Å²) in [6.45, 7) is 5.68. The molecule has 0 saturated carbocycles. The SMILES string of the molecule is CN1CCN(c2ccc(Nc3ncc(C4COC4)c(-c4cc5ccccc5o4)n3)cc2)CC1. The minimum Gasteiger partial charge on any atom is -0.454 e. The lowest BCUT2D eigenvalue weighted by Crippen LogP contribution is -2.44. The molecule has 7 heteroatoms. The predicted molar refractivity (Wildman–Crippen MR) is 130 cm³/mol. The fourth-order valence-corrected chi connectivity index (χ4v) is 4.41. The maximum absolute atomic E-state index is 6.14. The molecule has 6 rings (SSSR count). The number of hydrogen-bond acceptors (Lipinski definition) is 7. The van der Waals surface area contributed by atoms with E-state index >= 15 is 0 Å². The van der Waals surface area contributed by atoms with Crippen LogP contribution in [0.3, 0.4) is 0 Å². The van der Waals surface area contributed by atoms with Crippen LogP contribution in [0.4, 0.5) is 17.3 Å². The van der Waals surface area contributed by atoms with Crippen molar-refractivity contribution in [1.29, 1.82) is 0 Å². The van der Waals surface area contributed by atoms with Gasteiger partial charge in [0.1, 0.15) is 11.3 Å². The van der Waals surface area contributed by atoms with Crippen LogP contribution in [0, 0.1) is 0 Å². The van der Waals surface area contributed by atoms with E-state index in [1.165, 1.54) is 5.69 Å². The molecule has 4 aromatic rings. The third-order valence-corrected chi connectivity index (χ3v) is 6.55. The van der Waals surface area contributed by atoms with Crippen molar-refractivity contribution < 1.29 is 9.15 Å². The molecule has 2 fully saturated rings. The van der Waals surface area contributed by atoms with Crippen molar-refractivity contribution in [3.63, 3.8) is 0 Å². The van der Waals surface area contributed by atoms with Crippen LogP contribution in [0.2, 0.25) is 0 Å². The first-order valence-corrected chi connectivity index (χ1v) is 11.5. The number of piperazine rings is 1. The van der Waals surface area contributed by atoms with Gasteiger partial charge >= 0.3 is 0 Å². The second-order valence-electron chi connectivity index (χ2n) is 8.84. The number of anilines is 3. The molecule has 1 N–H and O–H groups in total. The Labute approximate surface area is 193 Å². The number of para-hydroxylation sites is 1. The Morgan fingerprint density at radius 3 is 2.48 bits per heavy atom. The van der Waals surface area contributed by atoms with Crippen LogP contribution in [-0.2, 0) is 4.74 Å². The van der Waals surface area contributed by atoms with E-state index in [-0.39, 0.29) is 0 Å². The average molecular weight is 442 g/mol. The van der Waals surface area contributed by atoms with Crippen LogP contribution < -0.4 is 10.2 Å². The highest BCUT2D eigenvalue weighted by atomic mass is 16.5. The van der Waals surface area contributed by atoms with Gasteiger partial charge in [-0.1, -0.05) is 18.2 Å². The molecule has 0 aliphatic carbocycles. The van der Waals surface area contributed by atoms with E-state index in [1.807, 2.05) is 24.4 Å². The lowest BCUT2D eigenvalue weighted by Gasteiger charge is -2.34. The number of benzene rings is 2. The summed E-state index contributed by atoms with van der Waals surface area (Å²) < 4.78 is 11.6. The van der Waals surface area contributed by atoms with Crippen molar-refractivity contribution in [2.24, 2.45) is 0 Å². The van der Waals surface area contributed by atoms with Gasteiger partial charge in [-0.3, -0.25) is 0 Å². The molecule has 4 heterocycles. The van der Waals surface area contributed by atoms with Crippen LogP contribution in [0.25, 0.3) is 22.4 Å². The first-order valence-electron chi connectivity index (χ1n) is 11.5. The molecule has 2 aromatic heterocycles. The second-order valence-corrected chi connectivity index (χ2v) is 8.84. The standard InChI is InChI=1S/C26H27N5O2/c1-30-10-12-31(13-11-30)21-8-6-20(7-9-21)28-26-27-15-22(19-16-32-17-19)25(29-26)24-14-18-4-2-3-5-23(18)33-24/h2-9,14-15,19H,10-13,16-17H2,1H3,(H,27,28,29). The molecular formula is C26H27N5O2. The number of fused-ring (bicyclic) bond motifs is 1. The van der Waals surface area contributed by atoms with Crippen molar-refractivity contribution in [1.82, 2.24) is 14.9 Å². The van der Waals surface area contributed by atoms with Crippen LogP contribution in [0.1, 0.15) is 11.5 Å². The molecule has 2 saturated heterocycles. The second kappa shape index (κ2) is 8.50. The minimum absolute atomic E-state index is 0.296. The molecule has 2 aliphatic heterocycles. The summed E-state index contributed by atoms with van der Waals surface area (Å²) in [6, 6.07) is 18.6. The van der Waals surface area contributed by atoms with Gasteiger partial charge in [0.05, 0.1) is 13.2 Å². The molecule has 2 aromatic carbocycles. The van der Waals surface area contributed by atoms with E-state index in [2.05, 4.69) is 63.5 Å². The summed E-state index contributed by atoms with van der Waals surface area (Å²) in [6.07, 6.45) is 1.91. The number of nitrogens with one attached hydrogen (secondary N) is 1. The Hall–Kier alpha value is -3.42. The van der Waals surface area contributed by atoms with E-state index in [1.54, 1.807) is 0 Å². The van der Waals surface area contributed by atoms with Gasteiger partial charge in [0.15, 0.2) is 5.76 Å². The number of rotatable bonds is 5. The zero-order chi connectivity index (χ0) is 22.2. The Balaban J connectivity index is 1.27. The Morgan fingerprint density at radius 2 is 1.76 bits per heavy atom. The average Bonchev–Trinajstić information content (AvgIpc) is 3.24. The van der Waals surface area contributed by atoms with Crippen LogP contribution in [-0.4, -0.2) is 61.3 Å². The smallest absolute Gasteiger partial charge is 0.227 e.